The molecule has 0 bridgehead atoms. The molecule has 0 aliphatic carbocycles. The molecule has 1 atom stereocenters. The number of carbonyl (C=O) groups excluding carboxylic acids is 1. The molecule has 0 aromatic carbocycles. The first-order valence-electron chi connectivity index (χ1n) is 3.66. The van der Waals surface area contributed by atoms with Gasteiger partial charge in [-0.25, -0.2) is 4.98 Å². The smallest absolute Gasteiger partial charge is 0.400 e. The normalized spacial score (nSPS) is 13.6. The predicted molar refractivity (Wildman–Crippen MR) is 39.4 cm³/mol. The van der Waals surface area contributed by atoms with Gasteiger partial charge in [-0.15, -0.1) is 0 Å². The van der Waals surface area contributed by atoms with E-state index in [4.69, 9.17) is 0 Å². The molecule has 0 saturated heterocycles. The van der Waals surface area contributed by atoms with Gasteiger partial charge < -0.3 is 9.72 Å². The molecule has 0 aliphatic rings. The Balaban J connectivity index is 2.77. The highest BCUT2D eigenvalue weighted by atomic mass is 19.4. The minimum atomic E-state index is -4.47. The molecule has 78 valence electrons. The zero-order chi connectivity index (χ0) is 10.6. The van der Waals surface area contributed by atoms with Crippen molar-refractivity contribution >= 4 is 6.47 Å². The number of aromatic nitrogens is 2. The molecule has 1 N–H and O–H groups in total. The van der Waals surface area contributed by atoms with Crippen LogP contribution in [0, 0.1) is 0 Å². The van der Waals surface area contributed by atoms with E-state index < -0.39 is 18.7 Å². The zero-order valence-electron chi connectivity index (χ0n) is 6.91. The van der Waals surface area contributed by atoms with Gasteiger partial charge >= 0.3 is 6.18 Å². The van der Waals surface area contributed by atoms with Crippen LogP contribution >= 0.6 is 0 Å². The second-order valence-electron chi connectivity index (χ2n) is 2.52. The summed E-state index contributed by atoms with van der Waals surface area (Å²) in [6.07, 6.45) is -2.22. The summed E-state index contributed by atoms with van der Waals surface area (Å²) in [5.41, 5.74) is -0.195. The van der Waals surface area contributed by atoms with Crippen molar-refractivity contribution in [2.45, 2.75) is 12.1 Å². The molecule has 14 heavy (non-hydrogen) atoms. The van der Waals surface area contributed by atoms with Crippen LogP contribution in [0.15, 0.2) is 12.5 Å². The second-order valence-corrected chi connectivity index (χ2v) is 2.52. The lowest BCUT2D eigenvalue weighted by atomic mass is 10.1. The fraction of sp³-hybridized carbons (Fsp3) is 0.429. The number of halogens is 3. The van der Waals surface area contributed by atoms with Crippen LogP contribution in [0.3, 0.4) is 0 Å². The van der Waals surface area contributed by atoms with Crippen molar-refractivity contribution in [3.8, 4) is 0 Å². The molecule has 1 rings (SSSR count). The van der Waals surface area contributed by atoms with E-state index in [-0.39, 0.29) is 12.2 Å². The summed E-state index contributed by atoms with van der Waals surface area (Å²) in [6.45, 7) is -0.775. The molecule has 0 radical (unpaired) electrons. The quantitative estimate of drug-likeness (QED) is 0.757. The van der Waals surface area contributed by atoms with Gasteiger partial charge in [0, 0.05) is 6.20 Å². The Hall–Kier alpha value is -1.53. The lowest BCUT2D eigenvalue weighted by molar-refractivity contribution is -0.165. The Morgan fingerprint density at radius 2 is 2.36 bits per heavy atom. The summed E-state index contributed by atoms with van der Waals surface area (Å²) in [5.74, 6) is -1.88. The van der Waals surface area contributed by atoms with Crippen LogP contribution in [0.5, 0.6) is 0 Å². The molecule has 1 heterocycles. The minimum Gasteiger partial charge on any atom is -0.467 e. The number of hydrogen-bond acceptors (Lipinski definition) is 3. The molecule has 1 aromatic rings. The number of hydrogen-bond donors (Lipinski definition) is 1. The standard InChI is InChI=1S/C7H7F3N2O2/c8-7(9,10)5(2-14-4-13)6-1-11-3-12-6/h1,3-5H,2H2,(H,11,12). The number of imidazole rings is 1. The van der Waals surface area contributed by atoms with Gasteiger partial charge in [-0.2, -0.15) is 13.2 Å². The molecule has 1 unspecified atom stereocenters. The minimum absolute atomic E-state index is 0.0224. The van der Waals surface area contributed by atoms with E-state index in [1.165, 1.54) is 0 Å². The van der Waals surface area contributed by atoms with Crippen molar-refractivity contribution in [3.05, 3.63) is 18.2 Å². The summed E-state index contributed by atoms with van der Waals surface area (Å²) in [7, 11) is 0. The van der Waals surface area contributed by atoms with Crippen LogP contribution in [0.2, 0.25) is 0 Å². The molecular weight excluding hydrogens is 201 g/mol. The summed E-state index contributed by atoms with van der Waals surface area (Å²) in [4.78, 5) is 15.7. The SMILES string of the molecule is O=COCC(c1c[nH]cn1)C(F)(F)F. The van der Waals surface area contributed by atoms with Crippen molar-refractivity contribution in [2.75, 3.05) is 6.61 Å². The third-order valence-electron chi connectivity index (χ3n) is 1.60. The Morgan fingerprint density at radius 3 is 2.79 bits per heavy atom. The van der Waals surface area contributed by atoms with E-state index in [9.17, 15) is 18.0 Å². The van der Waals surface area contributed by atoms with Crippen LogP contribution in [0.25, 0.3) is 0 Å². The maximum atomic E-state index is 12.4. The fourth-order valence-corrected chi connectivity index (χ4v) is 0.945. The van der Waals surface area contributed by atoms with Gasteiger partial charge in [0.15, 0.2) is 0 Å². The van der Waals surface area contributed by atoms with Gasteiger partial charge in [-0.1, -0.05) is 0 Å². The van der Waals surface area contributed by atoms with Crippen LogP contribution in [-0.4, -0.2) is 29.2 Å². The summed E-state index contributed by atoms with van der Waals surface area (Å²) in [5, 5.41) is 0. The van der Waals surface area contributed by atoms with E-state index in [1.54, 1.807) is 0 Å². The molecule has 1 aromatic heterocycles. The number of aromatic amines is 1. The average molecular weight is 208 g/mol. The van der Waals surface area contributed by atoms with Crippen molar-refractivity contribution in [1.29, 1.82) is 0 Å². The van der Waals surface area contributed by atoms with Gasteiger partial charge in [0.1, 0.15) is 12.5 Å². The molecule has 0 fully saturated rings. The van der Waals surface area contributed by atoms with Crippen LogP contribution in [-0.2, 0) is 9.53 Å². The van der Waals surface area contributed by atoms with Gasteiger partial charge in [0.2, 0.25) is 0 Å². The van der Waals surface area contributed by atoms with Gasteiger partial charge in [-0.05, 0) is 0 Å². The number of carbonyl (C=O) groups is 1. The number of nitrogens with zero attached hydrogens (tertiary/aromatic N) is 1. The van der Waals surface area contributed by atoms with Crippen LogP contribution in [0.4, 0.5) is 13.2 Å². The Bertz CT molecular complexity index is 284. The van der Waals surface area contributed by atoms with E-state index in [0.717, 1.165) is 12.5 Å². The van der Waals surface area contributed by atoms with Crippen LogP contribution < -0.4 is 0 Å². The predicted octanol–water partition coefficient (Wildman–Crippen LogP) is 1.23. The first-order chi connectivity index (χ1) is 6.55. The number of nitrogens with one attached hydrogen (secondary N) is 1. The number of alkyl halides is 3. The van der Waals surface area contributed by atoms with E-state index in [2.05, 4.69) is 14.7 Å². The first-order valence-corrected chi connectivity index (χ1v) is 3.66. The Kier molecular flexibility index (Phi) is 3.10. The Morgan fingerprint density at radius 1 is 1.64 bits per heavy atom. The topological polar surface area (TPSA) is 55.0 Å². The first kappa shape index (κ1) is 10.6. The van der Waals surface area contributed by atoms with Crippen molar-refractivity contribution in [1.82, 2.24) is 9.97 Å². The lowest BCUT2D eigenvalue weighted by Gasteiger charge is -2.16. The summed E-state index contributed by atoms with van der Waals surface area (Å²) in [6, 6.07) is 0. The highest BCUT2D eigenvalue weighted by Gasteiger charge is 2.42. The average Bonchev–Trinajstić information content (AvgIpc) is 2.55. The maximum Gasteiger partial charge on any atom is 0.400 e. The highest BCUT2D eigenvalue weighted by Crippen LogP contribution is 2.33. The van der Waals surface area contributed by atoms with Crippen molar-refractivity contribution in [3.63, 3.8) is 0 Å². The van der Waals surface area contributed by atoms with Crippen molar-refractivity contribution in [2.24, 2.45) is 0 Å². The second kappa shape index (κ2) is 4.12. The van der Waals surface area contributed by atoms with Gasteiger partial charge in [0.05, 0.1) is 12.0 Å². The zero-order valence-corrected chi connectivity index (χ0v) is 6.91. The van der Waals surface area contributed by atoms with E-state index in [1.807, 2.05) is 0 Å². The van der Waals surface area contributed by atoms with Crippen LogP contribution in [0.1, 0.15) is 11.6 Å². The molecule has 0 saturated carbocycles. The molecule has 0 amide bonds. The number of rotatable bonds is 4. The molecule has 4 nitrogen and oxygen atoms in total. The van der Waals surface area contributed by atoms with Crippen molar-refractivity contribution < 1.29 is 22.7 Å². The summed E-state index contributed by atoms with van der Waals surface area (Å²) >= 11 is 0. The largest absolute Gasteiger partial charge is 0.467 e. The van der Waals surface area contributed by atoms with E-state index in [0.29, 0.717) is 0 Å². The molecule has 0 spiro atoms. The maximum absolute atomic E-state index is 12.4. The third-order valence-corrected chi connectivity index (χ3v) is 1.60. The highest BCUT2D eigenvalue weighted by molar-refractivity contribution is 5.37. The number of ether oxygens (including phenoxy) is 1. The molecule has 0 aliphatic heterocycles. The Labute approximate surface area is 77.1 Å². The third kappa shape index (κ3) is 2.48. The fourth-order valence-electron chi connectivity index (χ4n) is 0.945. The molecular formula is C7H7F3N2O2. The molecule has 7 heteroatoms. The van der Waals surface area contributed by atoms with Gasteiger partial charge in [-0.3, -0.25) is 4.79 Å². The van der Waals surface area contributed by atoms with E-state index >= 15 is 0 Å². The monoisotopic (exact) mass is 208 g/mol. The summed E-state index contributed by atoms with van der Waals surface area (Å²) < 4.78 is 41.2. The van der Waals surface area contributed by atoms with Gasteiger partial charge in [0.25, 0.3) is 6.47 Å². The lowest BCUT2D eigenvalue weighted by Crippen LogP contribution is -2.25. The number of H-pyrrole nitrogens is 1.